The highest BCUT2D eigenvalue weighted by Gasteiger charge is 2.27. The summed E-state index contributed by atoms with van der Waals surface area (Å²) in [4.78, 5) is 49.2. The lowest BCUT2D eigenvalue weighted by Gasteiger charge is -2.21. The molecule has 1 unspecified atom stereocenters. The SMILES string of the molecule is COP(=O)(CCCCCCn1c2nc(=O)[nH]c(=O)c-2nc2cc(C)c(N(C)C)cc21)OCOC(=O)C(C)(C)C. The molecule has 214 valence electrons. The van der Waals surface area contributed by atoms with Crippen molar-refractivity contribution < 1.29 is 23.1 Å². The summed E-state index contributed by atoms with van der Waals surface area (Å²) in [5.74, 6) is -0.209. The number of carbonyl (C=O) groups excluding carboxylic acids is 1. The van der Waals surface area contributed by atoms with Gasteiger partial charge in [-0.2, -0.15) is 4.98 Å². The third-order valence-electron chi connectivity index (χ3n) is 6.30. The first-order valence-electron chi connectivity index (χ1n) is 12.8. The van der Waals surface area contributed by atoms with E-state index in [4.69, 9.17) is 13.8 Å². The fourth-order valence-electron chi connectivity index (χ4n) is 4.16. The van der Waals surface area contributed by atoms with E-state index in [2.05, 4.69) is 15.0 Å². The molecule has 0 aliphatic carbocycles. The number of benzene rings is 1. The maximum Gasteiger partial charge on any atom is 0.349 e. The van der Waals surface area contributed by atoms with Gasteiger partial charge in [-0.05, 0) is 58.2 Å². The number of H-pyrrole nitrogens is 1. The van der Waals surface area contributed by atoms with Crippen molar-refractivity contribution >= 4 is 30.3 Å². The Morgan fingerprint density at radius 1 is 1.10 bits per heavy atom. The summed E-state index contributed by atoms with van der Waals surface area (Å²) in [5, 5.41) is 0. The number of anilines is 1. The summed E-state index contributed by atoms with van der Waals surface area (Å²) < 4.78 is 30.1. The first kappa shape index (κ1) is 30.5. The molecule has 2 aliphatic heterocycles. The number of aromatic amines is 1. The summed E-state index contributed by atoms with van der Waals surface area (Å²) in [6.45, 7) is 7.21. The van der Waals surface area contributed by atoms with Crippen molar-refractivity contribution in [2.24, 2.45) is 5.41 Å². The minimum Gasteiger partial charge on any atom is -0.438 e. The van der Waals surface area contributed by atoms with Crippen LogP contribution in [0.25, 0.3) is 22.6 Å². The number of ether oxygens (including phenoxy) is 1. The molecule has 0 amide bonds. The van der Waals surface area contributed by atoms with Crippen LogP contribution < -0.4 is 16.1 Å². The highest BCUT2D eigenvalue weighted by atomic mass is 31.2. The Bertz CT molecular complexity index is 1460. The van der Waals surface area contributed by atoms with Gasteiger partial charge in [0.25, 0.3) is 5.56 Å². The first-order valence-corrected chi connectivity index (χ1v) is 14.6. The lowest BCUT2D eigenvalue weighted by atomic mass is 9.98. The summed E-state index contributed by atoms with van der Waals surface area (Å²) in [7, 11) is 1.82. The zero-order valence-electron chi connectivity index (χ0n) is 23.7. The van der Waals surface area contributed by atoms with Crippen LogP contribution in [0.4, 0.5) is 5.69 Å². The van der Waals surface area contributed by atoms with E-state index in [1.807, 2.05) is 42.6 Å². The van der Waals surface area contributed by atoms with Crippen LogP contribution in [0.3, 0.4) is 0 Å². The summed E-state index contributed by atoms with van der Waals surface area (Å²) in [6.07, 6.45) is 3.00. The highest BCUT2D eigenvalue weighted by Crippen LogP contribution is 2.48. The van der Waals surface area contributed by atoms with Crippen molar-refractivity contribution in [1.82, 2.24) is 19.5 Å². The Morgan fingerprint density at radius 2 is 1.79 bits per heavy atom. The zero-order chi connectivity index (χ0) is 29.0. The molecule has 13 heteroatoms. The summed E-state index contributed by atoms with van der Waals surface area (Å²) in [6, 6.07) is 3.91. The van der Waals surface area contributed by atoms with Gasteiger partial charge in [-0.1, -0.05) is 12.8 Å². The summed E-state index contributed by atoms with van der Waals surface area (Å²) in [5.41, 5.74) is 1.56. The van der Waals surface area contributed by atoms with E-state index in [9.17, 15) is 18.9 Å². The van der Waals surface area contributed by atoms with Gasteiger partial charge in [0.1, 0.15) is 0 Å². The van der Waals surface area contributed by atoms with Gasteiger partial charge in [-0.15, -0.1) is 0 Å². The number of hydrogen-bond acceptors (Lipinski definition) is 10. The van der Waals surface area contributed by atoms with Crippen LogP contribution in [0.15, 0.2) is 21.7 Å². The highest BCUT2D eigenvalue weighted by molar-refractivity contribution is 7.53. The molecule has 1 aromatic carbocycles. The zero-order valence-corrected chi connectivity index (χ0v) is 24.6. The Labute approximate surface area is 227 Å². The normalized spacial score (nSPS) is 13.5. The quantitative estimate of drug-likeness (QED) is 0.113. The third-order valence-corrected chi connectivity index (χ3v) is 8.22. The van der Waals surface area contributed by atoms with Crippen LogP contribution in [-0.4, -0.2) is 59.6 Å². The molecule has 0 aromatic heterocycles. The number of unbranched alkanes of at least 4 members (excludes halogenated alkanes) is 3. The average molecular weight is 564 g/mol. The molecule has 0 radical (unpaired) electrons. The molecule has 0 spiro atoms. The van der Waals surface area contributed by atoms with Gasteiger partial charge >= 0.3 is 19.3 Å². The Kier molecular flexibility index (Phi) is 9.69. The van der Waals surface area contributed by atoms with E-state index < -0.39 is 37.0 Å². The molecule has 0 bridgehead atoms. The fourth-order valence-corrected chi connectivity index (χ4v) is 5.40. The van der Waals surface area contributed by atoms with Crippen molar-refractivity contribution in [2.45, 2.75) is 59.9 Å². The number of rotatable bonds is 12. The number of aromatic nitrogens is 4. The Balaban J connectivity index is 1.68. The van der Waals surface area contributed by atoms with E-state index in [1.165, 1.54) is 7.11 Å². The van der Waals surface area contributed by atoms with Crippen molar-refractivity contribution in [1.29, 1.82) is 0 Å². The van der Waals surface area contributed by atoms with E-state index in [-0.39, 0.29) is 17.7 Å². The van der Waals surface area contributed by atoms with Crippen LogP contribution in [0.5, 0.6) is 0 Å². The maximum absolute atomic E-state index is 12.8. The van der Waals surface area contributed by atoms with Crippen LogP contribution >= 0.6 is 7.60 Å². The van der Waals surface area contributed by atoms with Crippen molar-refractivity contribution in [3.8, 4) is 11.5 Å². The molecule has 1 aromatic rings. The number of nitrogens with one attached hydrogen (secondary N) is 1. The van der Waals surface area contributed by atoms with Crippen LogP contribution in [-0.2, 0) is 29.7 Å². The molecule has 1 atom stereocenters. The molecular formula is C26H38N5O7P. The average Bonchev–Trinajstić information content (AvgIpc) is 2.84. The lowest BCUT2D eigenvalue weighted by Crippen LogP contribution is -2.29. The second-order valence-corrected chi connectivity index (χ2v) is 13.0. The monoisotopic (exact) mass is 563 g/mol. The van der Waals surface area contributed by atoms with Crippen molar-refractivity contribution in [2.75, 3.05) is 39.1 Å². The molecule has 2 aliphatic rings. The number of fused-ring (bicyclic) bond motifs is 2. The van der Waals surface area contributed by atoms with Gasteiger partial charge < -0.3 is 18.7 Å². The minimum absolute atomic E-state index is 0.115. The molecule has 0 saturated heterocycles. The fraction of sp³-hybridized carbons (Fsp3) is 0.577. The van der Waals surface area contributed by atoms with Crippen LogP contribution in [0.1, 0.15) is 52.0 Å². The predicted molar refractivity (Wildman–Crippen MR) is 150 cm³/mol. The molecule has 3 rings (SSSR count). The van der Waals surface area contributed by atoms with Crippen molar-refractivity contribution in [3.05, 3.63) is 38.5 Å². The lowest BCUT2D eigenvalue weighted by molar-refractivity contribution is -0.159. The largest absolute Gasteiger partial charge is 0.438 e. The molecule has 39 heavy (non-hydrogen) atoms. The van der Waals surface area contributed by atoms with Gasteiger partial charge in [0.05, 0.1) is 22.6 Å². The van der Waals surface area contributed by atoms with Crippen LogP contribution in [0.2, 0.25) is 0 Å². The Morgan fingerprint density at radius 3 is 2.44 bits per heavy atom. The van der Waals surface area contributed by atoms with E-state index in [0.717, 1.165) is 29.6 Å². The predicted octanol–water partition coefficient (Wildman–Crippen LogP) is 3.92. The second kappa shape index (κ2) is 12.4. The maximum atomic E-state index is 12.8. The number of aryl methyl sites for hydroxylation is 2. The van der Waals surface area contributed by atoms with Gasteiger partial charge in [-0.25, -0.2) is 9.78 Å². The van der Waals surface area contributed by atoms with Crippen molar-refractivity contribution in [3.63, 3.8) is 0 Å². The summed E-state index contributed by atoms with van der Waals surface area (Å²) >= 11 is 0. The standard InChI is InChI=1S/C26H38N5O7P/c1-17-14-18-20(15-19(17)30(5)6)31(22-21(27-18)23(32)29-25(34)28-22)12-10-8-9-11-13-39(35,36-7)38-16-37-24(33)26(2,3)4/h14-15H,8-13,16H2,1-7H3,(H,29,32,34). The third kappa shape index (κ3) is 7.52. The molecule has 12 nitrogen and oxygen atoms in total. The second-order valence-electron chi connectivity index (χ2n) is 10.7. The first-order chi connectivity index (χ1) is 18.3. The minimum atomic E-state index is -3.39. The number of hydrogen-bond donors (Lipinski definition) is 1. The van der Waals surface area contributed by atoms with E-state index >= 15 is 0 Å². The van der Waals surface area contributed by atoms with Crippen LogP contribution in [0, 0.1) is 12.3 Å². The van der Waals surface area contributed by atoms with E-state index in [1.54, 1.807) is 20.8 Å². The molecular weight excluding hydrogens is 525 g/mol. The number of carbonyl (C=O) groups is 1. The number of esters is 1. The van der Waals surface area contributed by atoms with Gasteiger partial charge in [0.15, 0.2) is 11.5 Å². The molecule has 0 saturated carbocycles. The molecule has 1 N–H and O–H groups in total. The smallest absolute Gasteiger partial charge is 0.349 e. The Hall–Kier alpha value is -3.08. The van der Waals surface area contributed by atoms with Gasteiger partial charge in [-0.3, -0.25) is 23.7 Å². The molecule has 0 fully saturated rings. The molecule has 2 heterocycles. The van der Waals surface area contributed by atoms with Gasteiger partial charge in [0, 0.05) is 33.4 Å². The van der Waals surface area contributed by atoms with Gasteiger partial charge in [0.2, 0.25) is 6.79 Å². The van der Waals surface area contributed by atoms with E-state index in [0.29, 0.717) is 24.9 Å². The number of nitrogens with zero attached hydrogens (tertiary/aromatic N) is 4. The topological polar surface area (TPSA) is 146 Å².